The fourth-order valence-electron chi connectivity index (χ4n) is 1.44. The van der Waals surface area contributed by atoms with Crippen molar-refractivity contribution < 1.29 is 22.8 Å². The number of nitrogens with two attached hydrogens (primary N) is 2. The molecule has 0 saturated carbocycles. The molecule has 1 aromatic rings. The van der Waals surface area contributed by atoms with E-state index in [4.69, 9.17) is 11.5 Å². The average Bonchev–Trinajstić information content (AvgIpc) is 2.14. The van der Waals surface area contributed by atoms with Gasteiger partial charge in [-0.05, 0) is 17.7 Å². The highest BCUT2D eigenvalue weighted by molar-refractivity contribution is 6.01. The summed E-state index contributed by atoms with van der Waals surface area (Å²) in [6, 6.07) is 3.49. The zero-order valence-corrected chi connectivity index (χ0v) is 8.54. The Morgan fingerprint density at radius 1 is 1.06 bits per heavy atom. The lowest BCUT2D eigenvalue weighted by atomic mass is 9.97. The van der Waals surface area contributed by atoms with Crippen molar-refractivity contribution in [3.63, 3.8) is 0 Å². The van der Waals surface area contributed by atoms with Crippen molar-refractivity contribution >= 4 is 11.8 Å². The van der Waals surface area contributed by atoms with E-state index in [1.807, 2.05) is 0 Å². The number of hydrogen-bond donors (Lipinski definition) is 2. The number of primary amides is 2. The number of hydrogen-bond acceptors (Lipinski definition) is 2. The highest BCUT2D eigenvalue weighted by Crippen LogP contribution is 2.25. The highest BCUT2D eigenvalue weighted by atomic mass is 19.4. The molecule has 4 nitrogen and oxygen atoms in total. The van der Waals surface area contributed by atoms with Gasteiger partial charge in [0.2, 0.25) is 11.8 Å². The molecule has 7 heteroatoms. The van der Waals surface area contributed by atoms with Crippen LogP contribution in [0.15, 0.2) is 18.2 Å². The molecule has 0 fully saturated rings. The van der Waals surface area contributed by atoms with E-state index in [1.54, 1.807) is 0 Å². The molecule has 0 aliphatic rings. The van der Waals surface area contributed by atoms with Crippen LogP contribution < -0.4 is 11.5 Å². The van der Waals surface area contributed by atoms with Gasteiger partial charge in [-0.2, -0.15) is 13.2 Å². The van der Waals surface area contributed by atoms with E-state index in [0.717, 1.165) is 12.1 Å². The Bertz CT molecular complexity index is 437. The van der Waals surface area contributed by atoms with Crippen LogP contribution in [0.5, 0.6) is 0 Å². The molecule has 92 valence electrons. The third-order valence-corrected chi connectivity index (χ3v) is 2.08. The second kappa shape index (κ2) is 4.44. The molecule has 0 aromatic heterocycles. The lowest BCUT2D eigenvalue weighted by Crippen LogP contribution is -2.23. The molecular formula is C10H9F3N2O2. The normalized spacial score (nSPS) is 11.2. The molecule has 2 amide bonds. The van der Waals surface area contributed by atoms with Crippen LogP contribution in [0.4, 0.5) is 13.2 Å². The molecule has 0 spiro atoms. The average molecular weight is 246 g/mol. The summed E-state index contributed by atoms with van der Waals surface area (Å²) in [5.74, 6) is -2.07. The second-order valence-corrected chi connectivity index (χ2v) is 3.35. The van der Waals surface area contributed by atoms with Gasteiger partial charge in [-0.3, -0.25) is 9.59 Å². The van der Waals surface area contributed by atoms with Crippen molar-refractivity contribution in [3.8, 4) is 0 Å². The van der Waals surface area contributed by atoms with Gasteiger partial charge in [-0.15, -0.1) is 0 Å². The lowest BCUT2D eigenvalue weighted by molar-refractivity contribution is -0.127. The maximum Gasteiger partial charge on any atom is 0.393 e. The third kappa shape index (κ3) is 3.20. The molecule has 0 saturated heterocycles. The zero-order valence-electron chi connectivity index (χ0n) is 8.54. The Hall–Kier alpha value is -2.05. The van der Waals surface area contributed by atoms with E-state index in [0.29, 0.717) is 0 Å². The minimum Gasteiger partial charge on any atom is -0.366 e. The van der Waals surface area contributed by atoms with E-state index in [1.165, 1.54) is 6.07 Å². The Labute approximate surface area is 94.4 Å². The molecule has 1 aromatic carbocycles. The summed E-state index contributed by atoms with van der Waals surface area (Å²) in [6.07, 6.45) is -5.99. The maximum atomic E-state index is 12.3. The number of halogens is 3. The van der Waals surface area contributed by atoms with E-state index in [-0.39, 0.29) is 11.1 Å². The minimum atomic E-state index is -4.56. The Morgan fingerprint density at radius 2 is 1.47 bits per heavy atom. The first-order chi connectivity index (χ1) is 7.72. The third-order valence-electron chi connectivity index (χ3n) is 2.08. The summed E-state index contributed by atoms with van der Waals surface area (Å²) in [6.45, 7) is 0. The fraction of sp³-hybridized carbons (Fsp3) is 0.200. The number of rotatable bonds is 3. The predicted molar refractivity (Wildman–Crippen MR) is 53.2 cm³/mol. The van der Waals surface area contributed by atoms with Gasteiger partial charge >= 0.3 is 6.18 Å². The molecular weight excluding hydrogens is 237 g/mol. The standard InChI is InChI=1S/C10H9F3N2O2/c11-10(12,13)4-7-5(8(14)16)2-1-3-6(7)9(15)17/h1-3H,4H2,(H2,14,16)(H2,15,17). The minimum absolute atomic E-state index is 0.348. The van der Waals surface area contributed by atoms with E-state index >= 15 is 0 Å². The van der Waals surface area contributed by atoms with Gasteiger partial charge in [0.15, 0.2) is 0 Å². The van der Waals surface area contributed by atoms with Crippen molar-refractivity contribution in [2.75, 3.05) is 0 Å². The molecule has 0 aliphatic carbocycles. The first-order valence-corrected chi connectivity index (χ1v) is 4.50. The van der Waals surface area contributed by atoms with Gasteiger partial charge < -0.3 is 11.5 Å². The topological polar surface area (TPSA) is 86.2 Å². The smallest absolute Gasteiger partial charge is 0.366 e. The zero-order chi connectivity index (χ0) is 13.2. The summed E-state index contributed by atoms with van der Waals surface area (Å²) < 4.78 is 37.0. The van der Waals surface area contributed by atoms with Crippen LogP contribution in [0, 0.1) is 0 Å². The molecule has 4 N–H and O–H groups in total. The first kappa shape index (κ1) is 13.0. The SMILES string of the molecule is NC(=O)c1cccc(C(N)=O)c1CC(F)(F)F. The van der Waals surface area contributed by atoms with Gasteiger partial charge in [-0.1, -0.05) is 6.07 Å². The molecule has 17 heavy (non-hydrogen) atoms. The van der Waals surface area contributed by atoms with Gasteiger partial charge in [0.25, 0.3) is 0 Å². The number of alkyl halides is 3. The molecule has 1 rings (SSSR count). The van der Waals surface area contributed by atoms with Crippen molar-refractivity contribution in [1.82, 2.24) is 0 Å². The van der Waals surface area contributed by atoms with Crippen LogP contribution in [0.2, 0.25) is 0 Å². The number of carbonyl (C=O) groups excluding carboxylic acids is 2. The van der Waals surface area contributed by atoms with Gasteiger partial charge in [0, 0.05) is 11.1 Å². The van der Waals surface area contributed by atoms with Crippen LogP contribution in [0.25, 0.3) is 0 Å². The summed E-state index contributed by atoms with van der Waals surface area (Å²) in [5.41, 5.74) is 8.71. The van der Waals surface area contributed by atoms with Gasteiger partial charge in [0.05, 0.1) is 6.42 Å². The van der Waals surface area contributed by atoms with E-state index in [9.17, 15) is 22.8 Å². The van der Waals surface area contributed by atoms with E-state index < -0.39 is 30.0 Å². The van der Waals surface area contributed by atoms with Crippen molar-refractivity contribution in [3.05, 3.63) is 34.9 Å². The Kier molecular flexibility index (Phi) is 3.40. The quantitative estimate of drug-likeness (QED) is 0.833. The lowest BCUT2D eigenvalue weighted by Gasteiger charge is -2.12. The van der Waals surface area contributed by atoms with Gasteiger partial charge in [-0.25, -0.2) is 0 Å². The number of amides is 2. The van der Waals surface area contributed by atoms with Crippen LogP contribution in [0.3, 0.4) is 0 Å². The first-order valence-electron chi connectivity index (χ1n) is 4.50. The van der Waals surface area contributed by atoms with Crippen LogP contribution in [-0.4, -0.2) is 18.0 Å². The summed E-state index contributed by atoms with van der Waals surface area (Å²) in [4.78, 5) is 22.0. The summed E-state index contributed by atoms with van der Waals surface area (Å²) >= 11 is 0. The molecule has 0 unspecified atom stereocenters. The Balaban J connectivity index is 3.39. The summed E-state index contributed by atoms with van der Waals surface area (Å²) in [7, 11) is 0. The molecule has 0 atom stereocenters. The highest BCUT2D eigenvalue weighted by Gasteiger charge is 2.31. The monoisotopic (exact) mass is 246 g/mol. The van der Waals surface area contributed by atoms with Crippen molar-refractivity contribution in [2.45, 2.75) is 12.6 Å². The number of carbonyl (C=O) groups is 2. The van der Waals surface area contributed by atoms with Crippen molar-refractivity contribution in [1.29, 1.82) is 0 Å². The fourth-order valence-corrected chi connectivity index (χ4v) is 1.44. The van der Waals surface area contributed by atoms with E-state index in [2.05, 4.69) is 0 Å². The molecule has 0 radical (unpaired) electrons. The van der Waals surface area contributed by atoms with Crippen LogP contribution >= 0.6 is 0 Å². The maximum absolute atomic E-state index is 12.3. The summed E-state index contributed by atoms with van der Waals surface area (Å²) in [5, 5.41) is 0. The molecule has 0 aliphatic heterocycles. The number of benzene rings is 1. The second-order valence-electron chi connectivity index (χ2n) is 3.35. The Morgan fingerprint density at radius 3 is 1.76 bits per heavy atom. The molecule has 0 heterocycles. The van der Waals surface area contributed by atoms with Crippen LogP contribution in [-0.2, 0) is 6.42 Å². The predicted octanol–water partition coefficient (Wildman–Crippen LogP) is 0.989. The van der Waals surface area contributed by atoms with Crippen LogP contribution in [0.1, 0.15) is 26.3 Å². The van der Waals surface area contributed by atoms with Crippen molar-refractivity contribution in [2.24, 2.45) is 11.5 Å². The molecule has 0 bridgehead atoms. The largest absolute Gasteiger partial charge is 0.393 e. The van der Waals surface area contributed by atoms with Gasteiger partial charge in [0.1, 0.15) is 0 Å².